The lowest BCUT2D eigenvalue weighted by Gasteiger charge is -2.26. The molecule has 0 saturated heterocycles. The molecule has 3 amide bonds. The number of benzene rings is 1. The molecule has 5 atom stereocenters. The van der Waals surface area contributed by atoms with E-state index in [1.54, 1.807) is 30.3 Å². The van der Waals surface area contributed by atoms with E-state index in [4.69, 9.17) is 5.73 Å². The minimum Gasteiger partial charge on any atom is -0.480 e. The second-order valence-electron chi connectivity index (χ2n) is 8.89. The van der Waals surface area contributed by atoms with Gasteiger partial charge in [-0.25, -0.2) is 4.79 Å². The summed E-state index contributed by atoms with van der Waals surface area (Å²) >= 11 is 1.48. The maximum atomic E-state index is 13.0. The van der Waals surface area contributed by atoms with Crippen molar-refractivity contribution in [3.8, 4) is 0 Å². The molecule has 0 heterocycles. The number of hydrogen-bond acceptors (Lipinski definition) is 7. The number of rotatable bonds is 15. The van der Waals surface area contributed by atoms with Crippen molar-refractivity contribution in [3.05, 3.63) is 35.9 Å². The molecule has 196 valence electrons. The van der Waals surface area contributed by atoms with E-state index in [-0.39, 0.29) is 18.8 Å². The Kier molecular flexibility index (Phi) is 13.4. The van der Waals surface area contributed by atoms with E-state index in [9.17, 15) is 29.4 Å². The van der Waals surface area contributed by atoms with Crippen LogP contribution in [0.3, 0.4) is 0 Å². The van der Waals surface area contributed by atoms with E-state index in [0.29, 0.717) is 17.7 Å². The van der Waals surface area contributed by atoms with E-state index in [1.165, 1.54) is 18.7 Å². The first kappa shape index (κ1) is 30.4. The zero-order valence-corrected chi connectivity index (χ0v) is 21.5. The Morgan fingerprint density at radius 3 is 2.06 bits per heavy atom. The molecule has 10 nitrogen and oxygen atoms in total. The van der Waals surface area contributed by atoms with E-state index in [0.717, 1.165) is 0 Å². The molecule has 7 N–H and O–H groups in total. The molecule has 0 aliphatic rings. The number of aliphatic hydroxyl groups excluding tert-OH is 1. The van der Waals surface area contributed by atoms with Crippen LogP contribution < -0.4 is 21.7 Å². The summed E-state index contributed by atoms with van der Waals surface area (Å²) in [6.45, 7) is 5.17. The van der Waals surface area contributed by atoms with Crippen LogP contribution in [0, 0.1) is 5.92 Å². The number of hydrogen-bond donors (Lipinski definition) is 6. The highest BCUT2D eigenvalue weighted by molar-refractivity contribution is 7.98. The first-order valence-electron chi connectivity index (χ1n) is 11.6. The summed E-state index contributed by atoms with van der Waals surface area (Å²) in [6, 6.07) is 4.33. The lowest BCUT2D eigenvalue weighted by molar-refractivity contribution is -0.143. The highest BCUT2D eigenvalue weighted by Gasteiger charge is 2.32. The van der Waals surface area contributed by atoms with Crippen LogP contribution in [-0.4, -0.2) is 76.2 Å². The number of amides is 3. The predicted molar refractivity (Wildman–Crippen MR) is 136 cm³/mol. The quantitative estimate of drug-likeness (QED) is 0.195. The van der Waals surface area contributed by atoms with Gasteiger partial charge in [-0.3, -0.25) is 14.4 Å². The smallest absolute Gasteiger partial charge is 0.326 e. The van der Waals surface area contributed by atoms with Gasteiger partial charge in [0.05, 0.1) is 12.1 Å². The van der Waals surface area contributed by atoms with Crippen molar-refractivity contribution in [2.75, 3.05) is 12.0 Å². The van der Waals surface area contributed by atoms with Crippen molar-refractivity contribution in [3.63, 3.8) is 0 Å². The van der Waals surface area contributed by atoms with E-state index >= 15 is 0 Å². The largest absolute Gasteiger partial charge is 0.480 e. The van der Waals surface area contributed by atoms with Crippen molar-refractivity contribution < 1.29 is 29.4 Å². The molecule has 0 aliphatic heterocycles. The van der Waals surface area contributed by atoms with Gasteiger partial charge in [-0.15, -0.1) is 0 Å². The predicted octanol–water partition coefficient (Wildman–Crippen LogP) is 0.275. The number of thioether (sulfide) groups is 1. The van der Waals surface area contributed by atoms with E-state index in [2.05, 4.69) is 16.0 Å². The summed E-state index contributed by atoms with van der Waals surface area (Å²) in [5.74, 6) is -2.49. The first-order chi connectivity index (χ1) is 16.5. The summed E-state index contributed by atoms with van der Waals surface area (Å²) in [7, 11) is 0. The number of aliphatic carboxylic acids is 1. The van der Waals surface area contributed by atoms with Gasteiger partial charge in [-0.1, -0.05) is 44.2 Å². The lowest BCUT2D eigenvalue weighted by Crippen LogP contribution is -2.60. The Morgan fingerprint density at radius 2 is 1.54 bits per heavy atom. The molecule has 0 saturated carbocycles. The summed E-state index contributed by atoms with van der Waals surface area (Å²) < 4.78 is 0. The number of nitrogens with two attached hydrogens (primary N) is 1. The molecule has 0 aromatic heterocycles. The zero-order chi connectivity index (χ0) is 26.5. The molecular weight excluding hydrogens is 472 g/mol. The Balaban J connectivity index is 2.93. The van der Waals surface area contributed by atoms with Crippen LogP contribution in [0.2, 0.25) is 0 Å². The standard InChI is InChI=1S/C24H38N4O6S/c1-14(2)12-17(25)21(30)26-18(10-11-35-4)22(31)28-20(15(3)29)23(32)27-19(24(33)34)13-16-8-6-5-7-9-16/h5-9,14-15,17-20,29H,10-13,25H2,1-4H3,(H,26,30)(H,27,32)(H,28,31)(H,33,34). The molecule has 11 heteroatoms. The number of carboxylic acids is 1. The normalized spacial score (nSPS) is 15.4. The highest BCUT2D eigenvalue weighted by Crippen LogP contribution is 2.08. The fourth-order valence-corrected chi connectivity index (χ4v) is 3.84. The Bertz CT molecular complexity index is 837. The molecule has 1 aromatic carbocycles. The number of carbonyl (C=O) groups excluding carboxylic acids is 3. The summed E-state index contributed by atoms with van der Waals surface area (Å²) in [5.41, 5.74) is 6.63. The van der Waals surface area contributed by atoms with Crippen molar-refractivity contribution in [1.82, 2.24) is 16.0 Å². The van der Waals surface area contributed by atoms with Crippen LogP contribution in [0.15, 0.2) is 30.3 Å². The minimum atomic E-state index is -1.42. The molecule has 0 spiro atoms. The molecular formula is C24H38N4O6S. The van der Waals surface area contributed by atoms with Gasteiger partial charge in [-0.2, -0.15) is 11.8 Å². The average Bonchev–Trinajstić information content (AvgIpc) is 2.79. The number of carbonyl (C=O) groups is 4. The van der Waals surface area contributed by atoms with Crippen LogP contribution in [0.1, 0.15) is 39.2 Å². The molecule has 0 fully saturated rings. The lowest BCUT2D eigenvalue weighted by atomic mass is 10.0. The third kappa shape index (κ3) is 11.1. The van der Waals surface area contributed by atoms with Gasteiger partial charge in [0.15, 0.2) is 0 Å². The summed E-state index contributed by atoms with van der Waals surface area (Å²) in [6.07, 6.45) is 1.30. The summed E-state index contributed by atoms with van der Waals surface area (Å²) in [5, 5.41) is 27.2. The molecule has 1 aromatic rings. The third-order valence-corrected chi connectivity index (χ3v) is 5.91. The average molecular weight is 511 g/mol. The maximum Gasteiger partial charge on any atom is 0.326 e. The molecule has 0 bridgehead atoms. The van der Waals surface area contributed by atoms with Gasteiger partial charge in [0, 0.05) is 6.42 Å². The van der Waals surface area contributed by atoms with Crippen LogP contribution >= 0.6 is 11.8 Å². The highest BCUT2D eigenvalue weighted by atomic mass is 32.2. The van der Waals surface area contributed by atoms with Gasteiger partial charge >= 0.3 is 5.97 Å². The number of aliphatic hydroxyl groups is 1. The van der Waals surface area contributed by atoms with Gasteiger partial charge < -0.3 is 31.9 Å². The number of carboxylic acid groups (broad SMARTS) is 1. The molecule has 35 heavy (non-hydrogen) atoms. The van der Waals surface area contributed by atoms with E-state index in [1.807, 2.05) is 20.1 Å². The van der Waals surface area contributed by atoms with Gasteiger partial charge in [0.2, 0.25) is 17.7 Å². The van der Waals surface area contributed by atoms with Crippen LogP contribution in [-0.2, 0) is 25.6 Å². The molecule has 0 aliphatic carbocycles. The van der Waals surface area contributed by atoms with Gasteiger partial charge in [-0.05, 0) is 43.3 Å². The van der Waals surface area contributed by atoms with Crippen LogP contribution in [0.5, 0.6) is 0 Å². The van der Waals surface area contributed by atoms with Crippen LogP contribution in [0.25, 0.3) is 0 Å². The van der Waals surface area contributed by atoms with Crippen LogP contribution in [0.4, 0.5) is 0 Å². The Labute approximate surface area is 210 Å². The minimum absolute atomic E-state index is 0.0303. The van der Waals surface area contributed by atoms with E-state index < -0.39 is 54.0 Å². The topological polar surface area (TPSA) is 171 Å². The first-order valence-corrected chi connectivity index (χ1v) is 13.0. The van der Waals surface area contributed by atoms with Gasteiger partial charge in [0.25, 0.3) is 0 Å². The fourth-order valence-electron chi connectivity index (χ4n) is 3.37. The Morgan fingerprint density at radius 1 is 0.943 bits per heavy atom. The van der Waals surface area contributed by atoms with Crippen molar-refractivity contribution in [2.24, 2.45) is 11.7 Å². The maximum absolute atomic E-state index is 13.0. The molecule has 5 unspecified atom stereocenters. The number of nitrogens with one attached hydrogen (secondary N) is 3. The second-order valence-corrected chi connectivity index (χ2v) is 9.88. The van der Waals surface area contributed by atoms with Gasteiger partial charge in [0.1, 0.15) is 18.1 Å². The van der Waals surface area contributed by atoms with Crippen molar-refractivity contribution in [2.45, 2.75) is 70.3 Å². The molecule has 0 radical (unpaired) electrons. The monoisotopic (exact) mass is 510 g/mol. The summed E-state index contributed by atoms with van der Waals surface area (Å²) in [4.78, 5) is 50.0. The third-order valence-electron chi connectivity index (χ3n) is 5.27. The molecule has 1 rings (SSSR count). The Hall–Kier alpha value is -2.63. The van der Waals surface area contributed by atoms with Crippen molar-refractivity contribution in [1.29, 1.82) is 0 Å². The zero-order valence-electron chi connectivity index (χ0n) is 20.7. The SMILES string of the molecule is CSCCC(NC(=O)C(N)CC(C)C)C(=O)NC(C(=O)NC(Cc1ccccc1)C(=O)O)C(C)O. The van der Waals surface area contributed by atoms with Crippen molar-refractivity contribution >= 4 is 35.5 Å². The fraction of sp³-hybridized carbons (Fsp3) is 0.583. The second kappa shape index (κ2) is 15.4.